The van der Waals surface area contributed by atoms with Crippen LogP contribution >= 0.6 is 11.6 Å². The molecular formula is C36H33ClFN3O2. The summed E-state index contributed by atoms with van der Waals surface area (Å²) in [6.45, 7) is 4.12. The van der Waals surface area contributed by atoms with Crippen LogP contribution in [0.1, 0.15) is 41.0 Å². The van der Waals surface area contributed by atoms with Crippen molar-refractivity contribution in [1.29, 1.82) is 0 Å². The van der Waals surface area contributed by atoms with Gasteiger partial charge in [-0.2, -0.15) is 4.98 Å². The van der Waals surface area contributed by atoms with Crippen LogP contribution in [0.15, 0.2) is 103 Å². The van der Waals surface area contributed by atoms with Crippen LogP contribution in [0.25, 0.3) is 11.3 Å². The van der Waals surface area contributed by atoms with Gasteiger partial charge in [-0.3, -0.25) is 4.98 Å². The number of pyridine rings is 2. The van der Waals surface area contributed by atoms with Gasteiger partial charge < -0.3 is 14.4 Å². The zero-order valence-electron chi connectivity index (χ0n) is 24.0. The smallest absolute Gasteiger partial charge is 0.226 e. The highest BCUT2D eigenvalue weighted by Crippen LogP contribution is 2.37. The second kappa shape index (κ2) is 13.3. The van der Waals surface area contributed by atoms with E-state index < -0.39 is 0 Å². The molecule has 7 heteroatoms. The SMILES string of the molecule is Cc1c(N2CCC(c3ccc(Cl)cc3)CC2)cnc(-c2ccc(OCc3ccccc3)nc2OCc2ccccc2)c1F. The lowest BCUT2D eigenvalue weighted by molar-refractivity contribution is 0.268. The van der Waals surface area contributed by atoms with E-state index in [1.54, 1.807) is 18.3 Å². The molecule has 0 spiro atoms. The van der Waals surface area contributed by atoms with Gasteiger partial charge in [0.15, 0.2) is 5.82 Å². The van der Waals surface area contributed by atoms with Gasteiger partial charge in [-0.25, -0.2) is 4.39 Å². The molecule has 0 amide bonds. The Kier molecular flexibility index (Phi) is 8.85. The Balaban J connectivity index is 1.23. The lowest BCUT2D eigenvalue weighted by Gasteiger charge is -2.34. The molecule has 0 atom stereocenters. The number of halogens is 2. The summed E-state index contributed by atoms with van der Waals surface area (Å²) >= 11 is 6.07. The molecule has 0 N–H and O–H groups in total. The normalized spacial score (nSPS) is 13.6. The first-order valence-electron chi connectivity index (χ1n) is 14.6. The summed E-state index contributed by atoms with van der Waals surface area (Å²) in [7, 11) is 0. The minimum absolute atomic E-state index is 0.211. The Hall–Kier alpha value is -4.42. The molecule has 1 fully saturated rings. The van der Waals surface area contributed by atoms with Crippen LogP contribution in [0.4, 0.5) is 10.1 Å². The Morgan fingerprint density at radius 1 is 0.814 bits per heavy atom. The zero-order chi connectivity index (χ0) is 29.6. The summed E-state index contributed by atoms with van der Waals surface area (Å²) in [6, 6.07) is 31.3. The van der Waals surface area contributed by atoms with Crippen LogP contribution in [-0.2, 0) is 13.2 Å². The van der Waals surface area contributed by atoms with E-state index in [0.29, 0.717) is 29.5 Å². The average molecular weight is 594 g/mol. The van der Waals surface area contributed by atoms with Gasteiger partial charge in [-0.1, -0.05) is 84.4 Å². The van der Waals surface area contributed by atoms with E-state index in [1.165, 1.54) is 5.56 Å². The van der Waals surface area contributed by atoms with Gasteiger partial charge >= 0.3 is 0 Å². The Bertz CT molecular complexity index is 1660. The third-order valence-corrected chi connectivity index (χ3v) is 8.20. The van der Waals surface area contributed by atoms with Crippen molar-refractivity contribution in [2.75, 3.05) is 18.0 Å². The van der Waals surface area contributed by atoms with Gasteiger partial charge in [-0.15, -0.1) is 0 Å². The third kappa shape index (κ3) is 6.81. The minimum atomic E-state index is -0.373. The molecule has 1 aliphatic rings. The topological polar surface area (TPSA) is 47.5 Å². The number of nitrogens with zero attached hydrogens (tertiary/aromatic N) is 3. The number of aromatic nitrogens is 2. The minimum Gasteiger partial charge on any atom is -0.473 e. The summed E-state index contributed by atoms with van der Waals surface area (Å²) in [5.41, 5.74) is 5.38. The van der Waals surface area contributed by atoms with E-state index in [-0.39, 0.29) is 24.0 Å². The first-order valence-corrected chi connectivity index (χ1v) is 14.9. The van der Waals surface area contributed by atoms with Crippen LogP contribution in [0.5, 0.6) is 11.8 Å². The van der Waals surface area contributed by atoms with E-state index in [0.717, 1.165) is 47.8 Å². The van der Waals surface area contributed by atoms with Crippen LogP contribution in [0.3, 0.4) is 0 Å². The second-order valence-electron chi connectivity index (χ2n) is 10.8. The lowest BCUT2D eigenvalue weighted by Crippen LogP contribution is -2.33. The largest absolute Gasteiger partial charge is 0.473 e. The summed E-state index contributed by atoms with van der Waals surface area (Å²) in [4.78, 5) is 11.5. The van der Waals surface area contributed by atoms with Crippen LogP contribution in [0, 0.1) is 12.7 Å². The molecule has 0 bridgehead atoms. The maximum atomic E-state index is 16.1. The highest BCUT2D eigenvalue weighted by molar-refractivity contribution is 6.30. The molecule has 0 unspecified atom stereocenters. The third-order valence-electron chi connectivity index (χ3n) is 7.95. The quantitative estimate of drug-likeness (QED) is 0.171. The Labute approximate surface area is 256 Å². The van der Waals surface area contributed by atoms with Gasteiger partial charge in [0.05, 0.1) is 17.4 Å². The molecule has 43 heavy (non-hydrogen) atoms. The molecular weight excluding hydrogens is 561 g/mol. The molecule has 6 rings (SSSR count). The summed E-state index contributed by atoms with van der Waals surface area (Å²) in [6.07, 6.45) is 3.74. The summed E-state index contributed by atoms with van der Waals surface area (Å²) in [5.74, 6) is 0.760. The fraction of sp³-hybridized carbons (Fsp3) is 0.222. The van der Waals surface area contributed by atoms with Gasteiger partial charge in [0.1, 0.15) is 18.9 Å². The summed E-state index contributed by atoms with van der Waals surface area (Å²) < 4.78 is 28.2. The maximum absolute atomic E-state index is 16.1. The Morgan fingerprint density at radius 2 is 1.44 bits per heavy atom. The number of hydrogen-bond donors (Lipinski definition) is 0. The molecule has 0 saturated carbocycles. The fourth-order valence-electron chi connectivity index (χ4n) is 5.52. The molecule has 0 radical (unpaired) electrons. The molecule has 3 heterocycles. The van der Waals surface area contributed by atoms with Gasteiger partial charge in [0.25, 0.3) is 0 Å². The average Bonchev–Trinajstić information content (AvgIpc) is 3.06. The van der Waals surface area contributed by atoms with Gasteiger partial charge in [0.2, 0.25) is 11.8 Å². The fourth-order valence-corrected chi connectivity index (χ4v) is 5.64. The number of piperidine rings is 1. The highest BCUT2D eigenvalue weighted by atomic mass is 35.5. The van der Waals surface area contributed by atoms with E-state index in [9.17, 15) is 0 Å². The van der Waals surface area contributed by atoms with Crippen molar-refractivity contribution in [2.45, 2.75) is 38.9 Å². The van der Waals surface area contributed by atoms with Crippen molar-refractivity contribution >= 4 is 17.3 Å². The molecule has 5 nitrogen and oxygen atoms in total. The van der Waals surface area contributed by atoms with Crippen molar-refractivity contribution in [1.82, 2.24) is 9.97 Å². The van der Waals surface area contributed by atoms with E-state index in [1.807, 2.05) is 79.7 Å². The number of hydrogen-bond acceptors (Lipinski definition) is 5. The van der Waals surface area contributed by atoms with Crippen molar-refractivity contribution < 1.29 is 13.9 Å². The van der Waals surface area contributed by atoms with Crippen molar-refractivity contribution in [3.63, 3.8) is 0 Å². The van der Waals surface area contributed by atoms with Gasteiger partial charge in [0, 0.05) is 29.7 Å². The number of anilines is 1. The second-order valence-corrected chi connectivity index (χ2v) is 11.2. The van der Waals surface area contributed by atoms with Crippen LogP contribution in [-0.4, -0.2) is 23.1 Å². The van der Waals surface area contributed by atoms with Gasteiger partial charge in [-0.05, 0) is 60.6 Å². The first-order chi connectivity index (χ1) is 21.0. The van der Waals surface area contributed by atoms with E-state index >= 15 is 4.39 Å². The number of ether oxygens (including phenoxy) is 2. The maximum Gasteiger partial charge on any atom is 0.226 e. The molecule has 1 saturated heterocycles. The van der Waals surface area contributed by atoms with E-state index in [2.05, 4.69) is 27.0 Å². The lowest BCUT2D eigenvalue weighted by atomic mass is 9.89. The Morgan fingerprint density at radius 3 is 2.09 bits per heavy atom. The zero-order valence-corrected chi connectivity index (χ0v) is 24.8. The van der Waals surface area contributed by atoms with Crippen LogP contribution in [0.2, 0.25) is 5.02 Å². The molecule has 5 aromatic rings. The monoisotopic (exact) mass is 593 g/mol. The molecule has 218 valence electrons. The van der Waals surface area contributed by atoms with Crippen molar-refractivity contribution in [3.8, 4) is 23.0 Å². The molecule has 2 aromatic heterocycles. The first kappa shape index (κ1) is 28.7. The number of benzene rings is 3. The number of rotatable bonds is 9. The molecule has 3 aromatic carbocycles. The highest BCUT2D eigenvalue weighted by Gasteiger charge is 2.25. The predicted octanol–water partition coefficient (Wildman–Crippen LogP) is 8.79. The van der Waals surface area contributed by atoms with Crippen LogP contribution < -0.4 is 14.4 Å². The van der Waals surface area contributed by atoms with Crippen molar-refractivity contribution in [2.24, 2.45) is 0 Å². The van der Waals surface area contributed by atoms with Crippen molar-refractivity contribution in [3.05, 3.63) is 136 Å². The molecule has 0 aliphatic carbocycles. The standard InChI is InChI=1S/C36H33ClFN3O2/c1-25-32(41-20-18-29(19-21-41)28-12-14-30(37)15-13-28)22-39-35(34(25)38)31-16-17-33(42-23-26-8-4-2-5-9-26)40-36(31)43-24-27-10-6-3-7-11-27/h2-17,22,29H,18-21,23-24H2,1H3. The van der Waals surface area contributed by atoms with E-state index in [4.69, 9.17) is 21.1 Å². The predicted molar refractivity (Wildman–Crippen MR) is 169 cm³/mol. The molecule has 1 aliphatic heterocycles. The summed E-state index contributed by atoms with van der Waals surface area (Å²) in [5, 5.41) is 0.747.